The van der Waals surface area contributed by atoms with Crippen molar-refractivity contribution in [2.24, 2.45) is 0 Å². The van der Waals surface area contributed by atoms with Crippen LogP contribution in [-0.4, -0.2) is 55.6 Å². The van der Waals surface area contributed by atoms with Gasteiger partial charge in [0, 0.05) is 35.8 Å². The van der Waals surface area contributed by atoms with Crippen molar-refractivity contribution in [3.8, 4) is 22.6 Å². The third-order valence-electron chi connectivity index (χ3n) is 5.19. The fourth-order valence-corrected chi connectivity index (χ4v) is 3.72. The smallest absolute Gasteiger partial charge is 0.179 e. The zero-order chi connectivity index (χ0) is 19.1. The van der Waals surface area contributed by atoms with Crippen molar-refractivity contribution in [1.29, 1.82) is 0 Å². The highest BCUT2D eigenvalue weighted by atomic mass is 16.5. The van der Waals surface area contributed by atoms with E-state index in [2.05, 4.69) is 44.1 Å². The molecule has 8 nitrogen and oxygen atoms in total. The summed E-state index contributed by atoms with van der Waals surface area (Å²) in [4.78, 5) is 11.4. The lowest BCUT2D eigenvalue weighted by Gasteiger charge is -2.34. The van der Waals surface area contributed by atoms with Gasteiger partial charge in [0.1, 0.15) is 5.69 Å². The van der Waals surface area contributed by atoms with Crippen LogP contribution in [0.25, 0.3) is 28.2 Å². The number of anilines is 1. The van der Waals surface area contributed by atoms with E-state index in [4.69, 9.17) is 9.84 Å². The van der Waals surface area contributed by atoms with Crippen LogP contribution >= 0.6 is 0 Å². The monoisotopic (exact) mass is 375 g/mol. The standard InChI is InChI=1S/C20H21N7O/c1-13-12-28-9-8-26(13)19-10-16(15-4-3-6-21-14(15)2)18-11-22-20(27(18)25-19)17-5-7-23-24-17/h3-7,10-11,13H,8-9,12H2,1-2H3,(H,23,24)/t13-/m1/s1. The second-order valence-electron chi connectivity index (χ2n) is 7.02. The molecule has 0 spiro atoms. The molecule has 4 aromatic rings. The highest BCUT2D eigenvalue weighted by molar-refractivity contribution is 5.84. The first-order valence-electron chi connectivity index (χ1n) is 9.37. The minimum absolute atomic E-state index is 0.251. The summed E-state index contributed by atoms with van der Waals surface area (Å²) in [6, 6.07) is 8.34. The molecule has 1 aliphatic rings. The molecule has 5 rings (SSSR count). The molecule has 1 N–H and O–H groups in total. The van der Waals surface area contributed by atoms with Crippen LogP contribution in [0.1, 0.15) is 12.6 Å². The van der Waals surface area contributed by atoms with E-state index >= 15 is 0 Å². The molecule has 1 saturated heterocycles. The number of rotatable bonds is 3. The van der Waals surface area contributed by atoms with Gasteiger partial charge in [0.15, 0.2) is 11.6 Å². The second kappa shape index (κ2) is 6.72. The molecule has 0 amide bonds. The van der Waals surface area contributed by atoms with Gasteiger partial charge in [-0.15, -0.1) is 5.10 Å². The maximum absolute atomic E-state index is 5.61. The average molecular weight is 375 g/mol. The molecule has 8 heteroatoms. The predicted molar refractivity (Wildman–Crippen MR) is 106 cm³/mol. The van der Waals surface area contributed by atoms with Gasteiger partial charge in [-0.25, -0.2) is 9.50 Å². The summed E-state index contributed by atoms with van der Waals surface area (Å²) in [7, 11) is 0. The summed E-state index contributed by atoms with van der Waals surface area (Å²) in [6.45, 7) is 6.37. The molecule has 28 heavy (non-hydrogen) atoms. The normalized spacial score (nSPS) is 17.4. The number of fused-ring (bicyclic) bond motifs is 1. The Kier molecular flexibility index (Phi) is 4.05. The zero-order valence-corrected chi connectivity index (χ0v) is 15.8. The Balaban J connectivity index is 1.77. The lowest BCUT2D eigenvalue weighted by Crippen LogP contribution is -2.44. The number of H-pyrrole nitrogens is 1. The Bertz CT molecular complexity index is 1120. The zero-order valence-electron chi connectivity index (χ0n) is 15.8. The number of hydrogen-bond donors (Lipinski definition) is 1. The molecule has 5 heterocycles. The van der Waals surface area contributed by atoms with Gasteiger partial charge in [0.2, 0.25) is 0 Å². The molecular weight excluding hydrogens is 354 g/mol. The molecule has 0 aliphatic carbocycles. The van der Waals surface area contributed by atoms with E-state index in [-0.39, 0.29) is 6.04 Å². The third kappa shape index (κ3) is 2.73. The summed E-state index contributed by atoms with van der Waals surface area (Å²) in [6.07, 6.45) is 5.39. The minimum atomic E-state index is 0.251. The second-order valence-corrected chi connectivity index (χ2v) is 7.02. The van der Waals surface area contributed by atoms with Crippen molar-refractivity contribution >= 4 is 11.3 Å². The van der Waals surface area contributed by atoms with Crippen molar-refractivity contribution in [2.75, 3.05) is 24.7 Å². The van der Waals surface area contributed by atoms with Crippen LogP contribution in [0, 0.1) is 6.92 Å². The Labute approximate surface area is 162 Å². The molecule has 1 atom stereocenters. The van der Waals surface area contributed by atoms with Crippen molar-refractivity contribution in [3.05, 3.63) is 48.5 Å². The SMILES string of the molecule is Cc1ncccc1-c1cc(N2CCOC[C@H]2C)nn2c(-c3ccn[nH]3)ncc12. The fraction of sp³-hybridized carbons (Fsp3) is 0.300. The Hall–Kier alpha value is -3.26. The highest BCUT2D eigenvalue weighted by Crippen LogP contribution is 2.32. The number of ether oxygens (including phenoxy) is 1. The van der Waals surface area contributed by atoms with Crippen LogP contribution in [0.3, 0.4) is 0 Å². The molecule has 0 saturated carbocycles. The van der Waals surface area contributed by atoms with Crippen LogP contribution in [-0.2, 0) is 4.74 Å². The van der Waals surface area contributed by atoms with Gasteiger partial charge in [-0.2, -0.15) is 5.10 Å². The van der Waals surface area contributed by atoms with Gasteiger partial charge >= 0.3 is 0 Å². The number of nitrogens with zero attached hydrogens (tertiary/aromatic N) is 6. The quantitative estimate of drug-likeness (QED) is 0.593. The van der Waals surface area contributed by atoms with Crippen molar-refractivity contribution in [1.82, 2.24) is 29.8 Å². The maximum atomic E-state index is 5.61. The topological polar surface area (TPSA) is 84.2 Å². The molecule has 1 fully saturated rings. The maximum Gasteiger partial charge on any atom is 0.179 e. The van der Waals surface area contributed by atoms with Crippen LogP contribution in [0.15, 0.2) is 42.9 Å². The summed E-state index contributed by atoms with van der Waals surface area (Å²) >= 11 is 0. The van der Waals surface area contributed by atoms with E-state index < -0.39 is 0 Å². The summed E-state index contributed by atoms with van der Waals surface area (Å²) < 4.78 is 7.51. The van der Waals surface area contributed by atoms with Crippen LogP contribution in [0.5, 0.6) is 0 Å². The van der Waals surface area contributed by atoms with Crippen LogP contribution in [0.4, 0.5) is 5.82 Å². The first-order chi connectivity index (χ1) is 13.7. The first-order valence-corrected chi connectivity index (χ1v) is 9.37. The number of aryl methyl sites for hydroxylation is 1. The molecule has 0 radical (unpaired) electrons. The lowest BCUT2D eigenvalue weighted by molar-refractivity contribution is 0.0984. The molecule has 0 unspecified atom stereocenters. The minimum Gasteiger partial charge on any atom is -0.377 e. The number of nitrogens with one attached hydrogen (secondary N) is 1. The van der Waals surface area contributed by atoms with Gasteiger partial charge in [-0.3, -0.25) is 10.1 Å². The van der Waals surface area contributed by atoms with Gasteiger partial charge < -0.3 is 9.64 Å². The van der Waals surface area contributed by atoms with E-state index in [9.17, 15) is 0 Å². The molecule has 4 aromatic heterocycles. The van der Waals surface area contributed by atoms with E-state index in [1.54, 1.807) is 6.20 Å². The number of morpholine rings is 1. The average Bonchev–Trinajstić information content (AvgIpc) is 3.37. The number of imidazole rings is 1. The van der Waals surface area contributed by atoms with Gasteiger partial charge in [0.25, 0.3) is 0 Å². The van der Waals surface area contributed by atoms with Crippen LogP contribution in [0.2, 0.25) is 0 Å². The van der Waals surface area contributed by atoms with Crippen molar-refractivity contribution < 1.29 is 4.74 Å². The molecule has 1 aliphatic heterocycles. The first kappa shape index (κ1) is 16.9. The Morgan fingerprint density at radius 2 is 2.11 bits per heavy atom. The van der Waals surface area contributed by atoms with Gasteiger partial charge in [0.05, 0.1) is 31.0 Å². The number of pyridine rings is 1. The predicted octanol–water partition coefficient (Wildman–Crippen LogP) is 2.71. The van der Waals surface area contributed by atoms with Crippen LogP contribution < -0.4 is 4.90 Å². The highest BCUT2D eigenvalue weighted by Gasteiger charge is 2.23. The van der Waals surface area contributed by atoms with Gasteiger partial charge in [-0.05, 0) is 32.0 Å². The Morgan fingerprint density at radius 3 is 2.89 bits per heavy atom. The lowest BCUT2D eigenvalue weighted by atomic mass is 10.0. The largest absolute Gasteiger partial charge is 0.377 e. The third-order valence-corrected chi connectivity index (χ3v) is 5.19. The summed E-state index contributed by atoms with van der Waals surface area (Å²) in [5.74, 6) is 1.64. The van der Waals surface area contributed by atoms with E-state index in [1.807, 2.05) is 36.0 Å². The number of hydrogen-bond acceptors (Lipinski definition) is 6. The van der Waals surface area contributed by atoms with E-state index in [1.165, 1.54) is 0 Å². The van der Waals surface area contributed by atoms with E-state index in [0.717, 1.165) is 46.2 Å². The Morgan fingerprint density at radius 1 is 1.18 bits per heavy atom. The summed E-state index contributed by atoms with van der Waals surface area (Å²) in [5, 5.41) is 12.0. The number of aromatic nitrogens is 6. The van der Waals surface area contributed by atoms with Crippen molar-refractivity contribution in [2.45, 2.75) is 19.9 Å². The van der Waals surface area contributed by atoms with E-state index in [0.29, 0.717) is 13.2 Å². The van der Waals surface area contributed by atoms with Gasteiger partial charge in [-0.1, -0.05) is 6.07 Å². The molecular formula is C20H21N7O. The molecule has 0 aromatic carbocycles. The molecule has 0 bridgehead atoms. The fourth-order valence-electron chi connectivity index (χ4n) is 3.72. The summed E-state index contributed by atoms with van der Waals surface area (Å²) in [5.41, 5.74) is 4.88. The van der Waals surface area contributed by atoms with Crippen molar-refractivity contribution in [3.63, 3.8) is 0 Å². The molecule has 142 valence electrons. The number of aromatic amines is 1.